The number of hydrogen-bond acceptors (Lipinski definition) is 5. The van der Waals surface area contributed by atoms with Gasteiger partial charge in [-0.1, -0.05) is 60.7 Å². The highest BCUT2D eigenvalue weighted by atomic mass is 32.1. The van der Waals surface area contributed by atoms with E-state index in [1.165, 1.54) is 11.3 Å². The number of fused-ring (bicyclic) bond motifs is 1. The Morgan fingerprint density at radius 2 is 1.81 bits per heavy atom. The largest absolute Gasteiger partial charge is 0.482 e. The molecular formula is C25H20N4O2S. The average molecular weight is 441 g/mol. The second-order valence-electron chi connectivity index (χ2n) is 7.22. The number of benzene rings is 3. The van der Waals surface area contributed by atoms with E-state index < -0.39 is 0 Å². The highest BCUT2D eigenvalue weighted by Gasteiger charge is 2.17. The van der Waals surface area contributed by atoms with Crippen molar-refractivity contribution >= 4 is 29.1 Å². The van der Waals surface area contributed by atoms with Crippen molar-refractivity contribution in [1.82, 2.24) is 4.68 Å². The maximum Gasteiger partial charge on any atom is 0.262 e. The second-order valence-corrected chi connectivity index (χ2v) is 8.06. The van der Waals surface area contributed by atoms with Crippen LogP contribution in [0.15, 0.2) is 94.3 Å². The van der Waals surface area contributed by atoms with Gasteiger partial charge in [-0.2, -0.15) is 5.10 Å². The van der Waals surface area contributed by atoms with Crippen molar-refractivity contribution in [1.29, 1.82) is 0 Å². The van der Waals surface area contributed by atoms with Gasteiger partial charge in [0.05, 0.1) is 24.1 Å². The fourth-order valence-electron chi connectivity index (χ4n) is 3.37. The number of ether oxygens (including phenoxy) is 1. The van der Waals surface area contributed by atoms with E-state index in [9.17, 15) is 4.79 Å². The van der Waals surface area contributed by atoms with Crippen LogP contribution in [0.5, 0.6) is 5.75 Å². The smallest absolute Gasteiger partial charge is 0.262 e. The Hall–Kier alpha value is -3.97. The monoisotopic (exact) mass is 440 g/mol. The summed E-state index contributed by atoms with van der Waals surface area (Å²) in [5.74, 6) is 0.505. The lowest BCUT2D eigenvalue weighted by Crippen LogP contribution is -2.25. The minimum absolute atomic E-state index is 0.0364. The van der Waals surface area contributed by atoms with Gasteiger partial charge in [-0.05, 0) is 29.3 Å². The lowest BCUT2D eigenvalue weighted by molar-refractivity contribution is -0.118. The van der Waals surface area contributed by atoms with E-state index in [2.05, 4.69) is 17.4 Å². The number of anilines is 1. The molecule has 6 nitrogen and oxygen atoms in total. The highest BCUT2D eigenvalue weighted by Crippen LogP contribution is 2.32. The van der Waals surface area contributed by atoms with Gasteiger partial charge < -0.3 is 10.1 Å². The maximum absolute atomic E-state index is 11.7. The first-order valence-corrected chi connectivity index (χ1v) is 11.1. The summed E-state index contributed by atoms with van der Waals surface area (Å²) in [7, 11) is 0. The van der Waals surface area contributed by atoms with Gasteiger partial charge in [0, 0.05) is 10.9 Å². The number of nitrogens with zero attached hydrogens (tertiary/aromatic N) is 3. The SMILES string of the molecule is O=C1COc2ccc(-c3csc(=NCc4ccccc4)n3N=Cc3ccccc3)cc2N1. The fourth-order valence-corrected chi connectivity index (χ4v) is 4.20. The van der Waals surface area contributed by atoms with Crippen LogP contribution < -0.4 is 14.9 Å². The predicted molar refractivity (Wildman–Crippen MR) is 127 cm³/mol. The van der Waals surface area contributed by atoms with Crippen LogP contribution in [0.1, 0.15) is 11.1 Å². The molecule has 0 radical (unpaired) electrons. The molecule has 0 bridgehead atoms. The molecule has 4 aromatic rings. The van der Waals surface area contributed by atoms with Gasteiger partial charge in [-0.15, -0.1) is 11.3 Å². The van der Waals surface area contributed by atoms with E-state index in [4.69, 9.17) is 14.8 Å². The second kappa shape index (κ2) is 9.03. The Bertz CT molecular complexity index is 1340. The van der Waals surface area contributed by atoms with Crippen molar-refractivity contribution in [3.8, 4) is 17.0 Å². The van der Waals surface area contributed by atoms with Gasteiger partial charge in [0.25, 0.3) is 5.91 Å². The molecule has 0 aliphatic carbocycles. The number of carbonyl (C=O) groups is 1. The maximum atomic E-state index is 11.7. The summed E-state index contributed by atoms with van der Waals surface area (Å²) >= 11 is 1.53. The van der Waals surface area contributed by atoms with E-state index in [-0.39, 0.29) is 12.5 Å². The summed E-state index contributed by atoms with van der Waals surface area (Å²) in [6.07, 6.45) is 1.82. The summed E-state index contributed by atoms with van der Waals surface area (Å²) in [4.78, 5) is 17.3. The zero-order valence-electron chi connectivity index (χ0n) is 17.1. The number of thiazole rings is 1. The molecule has 0 fully saturated rings. The molecule has 0 saturated carbocycles. The zero-order valence-corrected chi connectivity index (χ0v) is 18.0. The third-order valence-electron chi connectivity index (χ3n) is 4.96. The third kappa shape index (κ3) is 4.38. The van der Waals surface area contributed by atoms with Gasteiger partial charge in [0.2, 0.25) is 4.80 Å². The molecule has 1 aliphatic heterocycles. The standard InChI is InChI=1S/C25H20N4O2S/c30-24-16-31-23-12-11-20(13-21(23)28-24)22-17-32-25(26-14-18-7-3-1-4-8-18)29(22)27-15-19-9-5-2-6-10-19/h1-13,15,17H,14,16H2,(H,28,30). The Kier molecular flexibility index (Phi) is 5.63. The van der Waals surface area contributed by atoms with E-state index in [1.54, 1.807) is 0 Å². The van der Waals surface area contributed by atoms with Gasteiger partial charge in [-0.25, -0.2) is 4.68 Å². The van der Waals surface area contributed by atoms with Crippen LogP contribution in [0.2, 0.25) is 0 Å². The van der Waals surface area contributed by atoms with Crippen LogP contribution in [0.4, 0.5) is 5.69 Å². The Morgan fingerprint density at radius 3 is 2.62 bits per heavy atom. The van der Waals surface area contributed by atoms with Gasteiger partial charge in [0.15, 0.2) is 6.61 Å². The number of amides is 1. The summed E-state index contributed by atoms with van der Waals surface area (Å²) in [5.41, 5.74) is 4.59. The average Bonchev–Trinajstić information content (AvgIpc) is 3.25. The minimum atomic E-state index is -0.159. The first-order chi connectivity index (χ1) is 15.8. The Morgan fingerprint density at radius 1 is 1.03 bits per heavy atom. The van der Waals surface area contributed by atoms with Crippen molar-refractivity contribution in [2.45, 2.75) is 6.54 Å². The molecule has 0 atom stereocenters. The minimum Gasteiger partial charge on any atom is -0.482 e. The van der Waals surface area contributed by atoms with Crippen LogP contribution >= 0.6 is 11.3 Å². The third-order valence-corrected chi connectivity index (χ3v) is 5.81. The highest BCUT2D eigenvalue weighted by molar-refractivity contribution is 7.07. The van der Waals surface area contributed by atoms with Crippen LogP contribution in [-0.4, -0.2) is 23.4 Å². The van der Waals surface area contributed by atoms with E-state index in [1.807, 2.05) is 83.0 Å². The quantitative estimate of drug-likeness (QED) is 0.463. The molecule has 7 heteroatoms. The molecule has 2 heterocycles. The normalized spacial score (nSPS) is 13.6. The van der Waals surface area contributed by atoms with Crippen LogP contribution in [0, 0.1) is 0 Å². The molecule has 1 amide bonds. The summed E-state index contributed by atoms with van der Waals surface area (Å²) in [5, 5.41) is 9.64. The van der Waals surface area contributed by atoms with Crippen LogP contribution in [0.3, 0.4) is 0 Å². The van der Waals surface area contributed by atoms with Crippen molar-refractivity contribution in [2.75, 3.05) is 11.9 Å². The van der Waals surface area contributed by atoms with E-state index in [0.717, 1.165) is 27.2 Å². The first kappa shape index (κ1) is 20.0. The summed E-state index contributed by atoms with van der Waals surface area (Å²) in [6, 6.07) is 25.8. The topological polar surface area (TPSA) is 68.0 Å². The molecule has 0 unspecified atom stereocenters. The predicted octanol–water partition coefficient (Wildman–Crippen LogP) is 4.53. The molecule has 3 aromatic carbocycles. The molecule has 32 heavy (non-hydrogen) atoms. The lowest BCUT2D eigenvalue weighted by Gasteiger charge is -2.18. The van der Waals surface area contributed by atoms with Crippen LogP contribution in [0.25, 0.3) is 11.3 Å². The molecule has 158 valence electrons. The number of carbonyl (C=O) groups excluding carboxylic acids is 1. The summed E-state index contributed by atoms with van der Waals surface area (Å²) in [6.45, 7) is 0.602. The fraction of sp³-hybridized carbons (Fsp3) is 0.0800. The number of rotatable bonds is 5. The van der Waals surface area contributed by atoms with Crippen molar-refractivity contribution in [2.24, 2.45) is 10.1 Å². The Labute approximate surface area is 189 Å². The molecule has 1 aliphatic rings. The van der Waals surface area contributed by atoms with Crippen LogP contribution in [-0.2, 0) is 11.3 Å². The number of nitrogens with one attached hydrogen (secondary N) is 1. The van der Waals surface area contributed by atoms with Gasteiger partial charge in [-0.3, -0.25) is 9.79 Å². The van der Waals surface area contributed by atoms with Gasteiger partial charge in [0.1, 0.15) is 5.75 Å². The number of aromatic nitrogens is 1. The molecule has 0 spiro atoms. The van der Waals surface area contributed by atoms with Gasteiger partial charge >= 0.3 is 0 Å². The molecular weight excluding hydrogens is 420 g/mol. The Balaban J connectivity index is 1.56. The molecule has 5 rings (SSSR count). The van der Waals surface area contributed by atoms with Crippen molar-refractivity contribution < 1.29 is 9.53 Å². The lowest BCUT2D eigenvalue weighted by atomic mass is 10.1. The van der Waals surface area contributed by atoms with E-state index in [0.29, 0.717) is 18.0 Å². The number of hydrogen-bond donors (Lipinski definition) is 1. The van der Waals surface area contributed by atoms with E-state index >= 15 is 0 Å². The molecule has 0 saturated heterocycles. The van der Waals surface area contributed by atoms with Crippen molar-refractivity contribution in [3.63, 3.8) is 0 Å². The van der Waals surface area contributed by atoms with Crippen molar-refractivity contribution in [3.05, 3.63) is 100 Å². The molecule has 1 N–H and O–H groups in total. The molecule has 1 aromatic heterocycles. The summed E-state index contributed by atoms with van der Waals surface area (Å²) < 4.78 is 7.33. The zero-order chi connectivity index (χ0) is 21.8. The first-order valence-electron chi connectivity index (χ1n) is 10.2.